The number of piperazine rings is 2. The van der Waals surface area contributed by atoms with Crippen molar-refractivity contribution >= 4 is 57.7 Å². The molecule has 4 saturated heterocycles. The summed E-state index contributed by atoms with van der Waals surface area (Å²) in [7, 11) is 0. The average molecular weight is 994 g/mol. The second-order valence-electron chi connectivity index (χ2n) is 20.9. The number of likely N-dealkylation sites (tertiary alicyclic amines) is 1. The van der Waals surface area contributed by atoms with Crippen molar-refractivity contribution in [2.24, 2.45) is 5.92 Å². The van der Waals surface area contributed by atoms with Gasteiger partial charge in [-0.15, -0.1) is 0 Å². The van der Waals surface area contributed by atoms with Gasteiger partial charge in [-0.2, -0.15) is 5.10 Å². The molecule has 0 unspecified atom stereocenters. The number of imide groups is 1. The van der Waals surface area contributed by atoms with Crippen LogP contribution in [0.1, 0.15) is 84.8 Å². The number of fused-ring (bicyclic) bond motifs is 1. The number of carbonyl (C=O) groups is 4. The number of piperidine rings is 2. The average Bonchev–Trinajstić information content (AvgIpc) is 3.98. The number of rotatable bonds is 11. The van der Waals surface area contributed by atoms with Crippen LogP contribution in [0.3, 0.4) is 0 Å². The fourth-order valence-corrected chi connectivity index (χ4v) is 10.6. The lowest BCUT2D eigenvalue weighted by atomic mass is 9.78. The van der Waals surface area contributed by atoms with Crippen molar-refractivity contribution in [3.63, 3.8) is 0 Å². The van der Waals surface area contributed by atoms with Crippen LogP contribution >= 0.6 is 0 Å². The Balaban J connectivity index is 0.683. The van der Waals surface area contributed by atoms with Crippen molar-refractivity contribution < 1.29 is 37.2 Å². The van der Waals surface area contributed by atoms with E-state index in [1.807, 2.05) is 25.5 Å². The highest BCUT2D eigenvalue weighted by Crippen LogP contribution is 2.48. The number of benzene rings is 1. The molecule has 4 N–H and O–H groups in total. The van der Waals surface area contributed by atoms with Gasteiger partial charge in [-0.25, -0.2) is 38.2 Å². The summed E-state index contributed by atoms with van der Waals surface area (Å²) >= 11 is 0. The molecule has 0 bridgehead atoms. The fraction of sp³-hybridized carbons (Fsp3) is 0.551. The summed E-state index contributed by atoms with van der Waals surface area (Å²) < 4.78 is 44.1. The van der Waals surface area contributed by atoms with Gasteiger partial charge in [0.1, 0.15) is 35.3 Å². The van der Waals surface area contributed by atoms with E-state index < -0.39 is 35.2 Å². The van der Waals surface area contributed by atoms with Gasteiger partial charge in [0.25, 0.3) is 5.91 Å². The van der Waals surface area contributed by atoms with E-state index in [1.54, 1.807) is 27.1 Å². The van der Waals surface area contributed by atoms with Gasteiger partial charge in [-0.1, -0.05) is 5.16 Å². The molecule has 5 fully saturated rings. The molecule has 5 aromatic rings. The number of halogens is 2. The van der Waals surface area contributed by atoms with Gasteiger partial charge in [0.15, 0.2) is 35.5 Å². The lowest BCUT2D eigenvalue weighted by Gasteiger charge is -2.50. The van der Waals surface area contributed by atoms with Gasteiger partial charge in [0, 0.05) is 89.0 Å². The Morgan fingerprint density at radius 3 is 2.14 bits per heavy atom. The molecule has 4 aliphatic heterocycles. The van der Waals surface area contributed by atoms with Crippen LogP contribution in [0.2, 0.25) is 0 Å². The van der Waals surface area contributed by atoms with Crippen molar-refractivity contribution in [1.82, 2.24) is 54.9 Å². The fourth-order valence-electron chi connectivity index (χ4n) is 10.6. The lowest BCUT2D eigenvalue weighted by Crippen LogP contribution is -2.59. The van der Waals surface area contributed by atoms with Crippen LogP contribution in [0, 0.1) is 17.6 Å². The predicted octanol–water partition coefficient (Wildman–Crippen LogP) is 4.75. The van der Waals surface area contributed by atoms with Crippen LogP contribution < -0.4 is 26.2 Å². The number of aromatic nitrogens is 7. The van der Waals surface area contributed by atoms with E-state index in [2.05, 4.69) is 49.4 Å². The van der Waals surface area contributed by atoms with Gasteiger partial charge in [0.2, 0.25) is 11.8 Å². The maximum Gasteiger partial charge on any atom is 0.410 e. The van der Waals surface area contributed by atoms with E-state index in [0.717, 1.165) is 31.4 Å². The minimum absolute atomic E-state index is 0.103. The number of nitrogens with two attached hydrogens (primary N) is 1. The largest absolute Gasteiger partial charge is 0.439 e. The van der Waals surface area contributed by atoms with Crippen LogP contribution in [0.4, 0.5) is 36.5 Å². The first-order chi connectivity index (χ1) is 34.4. The van der Waals surface area contributed by atoms with Crippen molar-refractivity contribution in [3.05, 3.63) is 48.2 Å². The Bertz CT molecular complexity index is 2850. The second-order valence-corrected chi connectivity index (χ2v) is 20.9. The molecule has 0 radical (unpaired) electrons. The maximum atomic E-state index is 15.4. The number of hydrogen-bond donors (Lipinski definition) is 3. The molecule has 10 rings (SSSR count). The Kier molecular flexibility index (Phi) is 12.9. The first-order valence-corrected chi connectivity index (χ1v) is 24.8. The van der Waals surface area contributed by atoms with Crippen LogP contribution in [-0.4, -0.2) is 157 Å². The SMILES string of the molecule is CC(C)(C1CCN(C(=O)COC(=O)N2CCN(c3cnc(-c4c(-c5nn(C(C)(C)C)c6ncnc(N)c56)noc4C4CC4)nc3)CC2)CC1)N1CCN(c2c(F)cc(N[C@@H]3CCC(=O)NC3=O)cc2F)CC1. The van der Waals surface area contributed by atoms with E-state index in [-0.39, 0.29) is 65.8 Å². The van der Waals surface area contributed by atoms with Crippen LogP contribution in [0.5, 0.6) is 0 Å². The zero-order valence-electron chi connectivity index (χ0n) is 41.3. The predicted molar refractivity (Wildman–Crippen MR) is 262 cm³/mol. The highest BCUT2D eigenvalue weighted by molar-refractivity contribution is 6.02. The molecule has 5 aliphatic rings. The molecule has 1 saturated carbocycles. The number of nitrogen functional groups attached to an aromatic ring is 1. The number of amides is 4. The summed E-state index contributed by atoms with van der Waals surface area (Å²) in [6.07, 6.45) is 8.25. The second kappa shape index (κ2) is 19.2. The zero-order chi connectivity index (χ0) is 50.6. The lowest BCUT2D eigenvalue weighted by molar-refractivity contribution is -0.137. The maximum absolute atomic E-state index is 15.4. The normalized spacial score (nSPS) is 19.8. The topological polar surface area (TPSA) is 239 Å². The van der Waals surface area contributed by atoms with E-state index in [1.165, 1.54) is 18.5 Å². The minimum Gasteiger partial charge on any atom is -0.439 e. The van der Waals surface area contributed by atoms with Gasteiger partial charge in [-0.3, -0.25) is 24.6 Å². The monoisotopic (exact) mass is 993 g/mol. The summed E-state index contributed by atoms with van der Waals surface area (Å²) in [5, 5.41) is 15.1. The van der Waals surface area contributed by atoms with Crippen molar-refractivity contribution in [2.45, 2.75) is 96.2 Å². The molecule has 382 valence electrons. The zero-order valence-corrected chi connectivity index (χ0v) is 41.3. The standard InChI is InChI=1S/C49H61F2N15O6/c1-48(2,3)66-45-38(43(52)55-27-56-45)39(59-66)40-37(42(72-60-40)28-6-7-28)44-53-24-31(25-54-44)61-14-16-64(17-15-61)47(70)71-26-36(68)62-12-10-29(11-13-62)49(4,5)65-20-18-63(19-21-65)41-32(50)22-30(23-33(41)51)57-34-8-9-35(67)58-46(34)69/h22-25,27-29,34,57H,6-21,26H2,1-5H3,(H2,52,55,56)(H,58,67,69)/t34-/m1/s1. The number of anilines is 4. The molecule has 1 aromatic carbocycles. The Morgan fingerprint density at radius 1 is 0.833 bits per heavy atom. The van der Waals surface area contributed by atoms with E-state index in [0.29, 0.717) is 105 Å². The Hall–Kier alpha value is -7.04. The molecule has 4 amide bonds. The summed E-state index contributed by atoms with van der Waals surface area (Å²) in [6, 6.07) is 1.63. The van der Waals surface area contributed by atoms with Gasteiger partial charge < -0.3 is 39.9 Å². The molecule has 4 aromatic heterocycles. The smallest absolute Gasteiger partial charge is 0.410 e. The Morgan fingerprint density at radius 2 is 1.50 bits per heavy atom. The van der Waals surface area contributed by atoms with E-state index >= 15 is 8.78 Å². The molecule has 23 heteroatoms. The molecular weight excluding hydrogens is 933 g/mol. The summed E-state index contributed by atoms with van der Waals surface area (Å²) in [5.74, 6) is -0.668. The number of hydrogen-bond acceptors (Lipinski definition) is 17. The van der Waals surface area contributed by atoms with Crippen LogP contribution in [0.15, 0.2) is 35.4 Å². The highest BCUT2D eigenvalue weighted by Gasteiger charge is 2.41. The molecule has 21 nitrogen and oxygen atoms in total. The molecule has 1 aliphatic carbocycles. The van der Waals surface area contributed by atoms with E-state index in [9.17, 15) is 19.2 Å². The van der Waals surface area contributed by atoms with Crippen LogP contribution in [0.25, 0.3) is 33.8 Å². The molecule has 1 atom stereocenters. The van der Waals surface area contributed by atoms with Gasteiger partial charge in [-0.05, 0) is 84.8 Å². The molecular formula is C49H61F2N15O6. The third-order valence-corrected chi connectivity index (χ3v) is 15.0. The van der Waals surface area contributed by atoms with Gasteiger partial charge >= 0.3 is 6.09 Å². The van der Waals surface area contributed by atoms with Crippen molar-refractivity contribution in [2.75, 3.05) is 92.9 Å². The molecule has 0 spiro atoms. The number of ether oxygens (including phenoxy) is 1. The number of nitrogens with one attached hydrogen (secondary N) is 2. The third kappa shape index (κ3) is 9.57. The molecule has 72 heavy (non-hydrogen) atoms. The first-order valence-electron chi connectivity index (χ1n) is 24.8. The van der Waals surface area contributed by atoms with E-state index in [4.69, 9.17) is 30.1 Å². The van der Waals surface area contributed by atoms with Gasteiger partial charge in [0.05, 0.1) is 34.6 Å². The van der Waals surface area contributed by atoms with Crippen molar-refractivity contribution in [1.29, 1.82) is 0 Å². The first kappa shape index (κ1) is 48.6. The number of nitrogens with zero attached hydrogens (tertiary/aromatic N) is 12. The molecule has 8 heterocycles. The summed E-state index contributed by atoms with van der Waals surface area (Å²) in [6.45, 7) is 15.0. The van der Waals surface area contributed by atoms with Crippen molar-refractivity contribution in [3.8, 4) is 22.8 Å². The Labute approximate surface area is 414 Å². The summed E-state index contributed by atoms with van der Waals surface area (Å²) in [5.41, 5.74) is 8.82. The summed E-state index contributed by atoms with van der Waals surface area (Å²) in [4.78, 5) is 78.1. The highest BCUT2D eigenvalue weighted by atomic mass is 19.1. The minimum atomic E-state index is -0.753. The quantitative estimate of drug-likeness (QED) is 0.151. The number of carbonyl (C=O) groups excluding carboxylic acids is 4. The third-order valence-electron chi connectivity index (χ3n) is 15.0. The van der Waals surface area contributed by atoms with Crippen LogP contribution in [-0.2, 0) is 24.7 Å².